The molecule has 2 aromatic rings. The van der Waals surface area contributed by atoms with Crippen LogP contribution in [0.15, 0.2) is 11.0 Å². The highest BCUT2D eigenvalue weighted by atomic mass is 16.1. The van der Waals surface area contributed by atoms with Crippen LogP contribution in [0.5, 0.6) is 0 Å². The SMILES string of the molecule is CNC#Cc1cn(C)c2nc(N)[nH]c(=O)c12. The van der Waals surface area contributed by atoms with E-state index in [-0.39, 0.29) is 11.5 Å². The molecule has 16 heavy (non-hydrogen) atoms. The second-order valence-corrected chi connectivity index (χ2v) is 3.30. The Kier molecular flexibility index (Phi) is 2.29. The zero-order chi connectivity index (χ0) is 11.7. The monoisotopic (exact) mass is 217 g/mol. The van der Waals surface area contributed by atoms with Gasteiger partial charge in [0, 0.05) is 26.3 Å². The molecule has 0 aliphatic heterocycles. The maximum absolute atomic E-state index is 11.7. The zero-order valence-corrected chi connectivity index (χ0v) is 8.96. The number of aryl methyl sites for hydroxylation is 1. The number of hydrogen-bond acceptors (Lipinski definition) is 4. The van der Waals surface area contributed by atoms with Gasteiger partial charge in [0.15, 0.2) is 5.65 Å². The second kappa shape index (κ2) is 3.62. The summed E-state index contributed by atoms with van der Waals surface area (Å²) in [6, 6.07) is 2.69. The first-order valence-electron chi connectivity index (χ1n) is 4.66. The maximum Gasteiger partial charge on any atom is 0.263 e. The van der Waals surface area contributed by atoms with E-state index in [0.717, 1.165) is 0 Å². The highest BCUT2D eigenvalue weighted by Gasteiger charge is 2.10. The summed E-state index contributed by atoms with van der Waals surface area (Å²) in [6.07, 6.45) is 1.75. The minimum absolute atomic E-state index is 0.104. The Morgan fingerprint density at radius 1 is 1.62 bits per heavy atom. The van der Waals surface area contributed by atoms with Crippen molar-refractivity contribution < 1.29 is 0 Å². The van der Waals surface area contributed by atoms with Crippen molar-refractivity contribution in [1.82, 2.24) is 19.9 Å². The van der Waals surface area contributed by atoms with E-state index in [4.69, 9.17) is 5.73 Å². The van der Waals surface area contributed by atoms with E-state index >= 15 is 0 Å². The number of nitrogen functional groups attached to an aromatic ring is 1. The molecule has 0 saturated heterocycles. The minimum Gasteiger partial charge on any atom is -0.369 e. The summed E-state index contributed by atoms with van der Waals surface area (Å²) >= 11 is 0. The summed E-state index contributed by atoms with van der Waals surface area (Å²) in [5, 5.41) is 3.15. The van der Waals surface area contributed by atoms with Crippen LogP contribution < -0.4 is 16.6 Å². The molecular formula is C10H11N5O. The molecule has 2 rings (SSSR count). The fraction of sp³-hybridized carbons (Fsp3) is 0.200. The third-order valence-electron chi connectivity index (χ3n) is 2.17. The maximum atomic E-state index is 11.7. The standard InChI is InChI=1S/C10H11N5O/c1-12-4-3-6-5-15(2)8-7(6)9(16)14-10(11)13-8/h5,12H,1-2H3,(H3,11,13,14,16). The molecule has 0 saturated carbocycles. The lowest BCUT2D eigenvalue weighted by Crippen LogP contribution is -2.11. The molecule has 0 aliphatic rings. The Morgan fingerprint density at radius 2 is 2.38 bits per heavy atom. The van der Waals surface area contributed by atoms with Gasteiger partial charge >= 0.3 is 0 Å². The summed E-state index contributed by atoms with van der Waals surface area (Å²) in [6.45, 7) is 0. The van der Waals surface area contributed by atoms with E-state index < -0.39 is 0 Å². The molecule has 6 heteroatoms. The molecule has 6 nitrogen and oxygen atoms in total. The van der Waals surface area contributed by atoms with Crippen molar-refractivity contribution in [3.8, 4) is 12.0 Å². The van der Waals surface area contributed by atoms with Crippen molar-refractivity contribution in [2.75, 3.05) is 12.8 Å². The first-order valence-corrected chi connectivity index (χ1v) is 4.66. The summed E-state index contributed by atoms with van der Waals surface area (Å²) in [4.78, 5) is 18.2. The number of nitrogens with zero attached hydrogens (tertiary/aromatic N) is 2. The van der Waals surface area contributed by atoms with Gasteiger partial charge in [0.2, 0.25) is 5.95 Å². The van der Waals surface area contributed by atoms with E-state index in [9.17, 15) is 4.79 Å². The predicted molar refractivity (Wildman–Crippen MR) is 61.7 cm³/mol. The third-order valence-corrected chi connectivity index (χ3v) is 2.17. The van der Waals surface area contributed by atoms with E-state index in [2.05, 4.69) is 27.2 Å². The van der Waals surface area contributed by atoms with Crippen molar-refractivity contribution in [1.29, 1.82) is 0 Å². The van der Waals surface area contributed by atoms with Crippen LogP contribution in [0.25, 0.3) is 11.0 Å². The molecule has 0 fully saturated rings. The lowest BCUT2D eigenvalue weighted by atomic mass is 10.2. The molecule has 0 aromatic carbocycles. The van der Waals surface area contributed by atoms with Gasteiger partial charge in [0.25, 0.3) is 5.56 Å². The molecule has 4 N–H and O–H groups in total. The van der Waals surface area contributed by atoms with Crippen LogP contribution in [0.2, 0.25) is 0 Å². The van der Waals surface area contributed by atoms with Crippen LogP contribution in [0.3, 0.4) is 0 Å². The molecule has 0 amide bonds. The number of aromatic nitrogens is 3. The van der Waals surface area contributed by atoms with E-state index in [1.54, 1.807) is 24.9 Å². The summed E-state index contributed by atoms with van der Waals surface area (Å²) in [5.41, 5.74) is 6.35. The van der Waals surface area contributed by atoms with Gasteiger partial charge in [0.1, 0.15) is 0 Å². The summed E-state index contributed by atoms with van der Waals surface area (Å²) in [5.74, 6) is 2.94. The number of nitrogens with two attached hydrogens (primary N) is 1. The second-order valence-electron chi connectivity index (χ2n) is 3.30. The molecule has 2 heterocycles. The summed E-state index contributed by atoms with van der Waals surface area (Å²) in [7, 11) is 3.50. The van der Waals surface area contributed by atoms with Crippen LogP contribution in [0.1, 0.15) is 5.56 Å². The van der Waals surface area contributed by atoms with Gasteiger partial charge in [-0.3, -0.25) is 9.78 Å². The predicted octanol–water partition coefficient (Wildman–Crippen LogP) is -0.628. The number of hydrogen-bond donors (Lipinski definition) is 3. The van der Waals surface area contributed by atoms with Gasteiger partial charge in [-0.15, -0.1) is 0 Å². The third kappa shape index (κ3) is 1.48. The summed E-state index contributed by atoms with van der Waals surface area (Å²) < 4.78 is 1.72. The number of anilines is 1. The first kappa shape index (κ1) is 10.1. The number of rotatable bonds is 0. The van der Waals surface area contributed by atoms with Gasteiger partial charge in [0.05, 0.1) is 10.9 Å². The zero-order valence-electron chi connectivity index (χ0n) is 8.96. The van der Waals surface area contributed by atoms with Crippen molar-refractivity contribution in [3.05, 3.63) is 22.1 Å². The van der Waals surface area contributed by atoms with E-state index in [1.165, 1.54) is 0 Å². The van der Waals surface area contributed by atoms with Crippen LogP contribution in [-0.2, 0) is 7.05 Å². The Bertz CT molecular complexity index is 655. The molecule has 0 bridgehead atoms. The minimum atomic E-state index is -0.275. The number of aromatic amines is 1. The highest BCUT2D eigenvalue weighted by molar-refractivity contribution is 5.83. The van der Waals surface area contributed by atoms with Crippen LogP contribution in [0.4, 0.5) is 5.95 Å². The van der Waals surface area contributed by atoms with Crippen molar-refractivity contribution in [2.45, 2.75) is 0 Å². The van der Waals surface area contributed by atoms with Crippen LogP contribution in [-0.4, -0.2) is 21.6 Å². The molecule has 82 valence electrons. The average Bonchev–Trinajstić information content (AvgIpc) is 2.53. The van der Waals surface area contributed by atoms with Crippen molar-refractivity contribution in [3.63, 3.8) is 0 Å². The lowest BCUT2D eigenvalue weighted by Gasteiger charge is -1.95. The molecular weight excluding hydrogens is 206 g/mol. The van der Waals surface area contributed by atoms with Crippen molar-refractivity contribution >= 4 is 17.0 Å². The Balaban J connectivity index is 2.84. The van der Waals surface area contributed by atoms with Gasteiger partial charge in [-0.2, -0.15) is 4.98 Å². The number of fused-ring (bicyclic) bond motifs is 1. The molecule has 2 aromatic heterocycles. The lowest BCUT2D eigenvalue weighted by molar-refractivity contribution is 0.943. The fourth-order valence-corrected chi connectivity index (χ4v) is 1.52. The highest BCUT2D eigenvalue weighted by Crippen LogP contribution is 2.13. The Hall–Kier alpha value is -2.42. The van der Waals surface area contributed by atoms with Gasteiger partial charge < -0.3 is 15.6 Å². The van der Waals surface area contributed by atoms with Gasteiger partial charge in [-0.25, -0.2) is 0 Å². The average molecular weight is 217 g/mol. The topological polar surface area (TPSA) is 88.7 Å². The van der Waals surface area contributed by atoms with Crippen LogP contribution >= 0.6 is 0 Å². The molecule has 0 aliphatic carbocycles. The number of nitrogens with one attached hydrogen (secondary N) is 2. The number of H-pyrrole nitrogens is 1. The quantitative estimate of drug-likeness (QED) is 0.405. The van der Waals surface area contributed by atoms with E-state index in [0.29, 0.717) is 16.6 Å². The van der Waals surface area contributed by atoms with Crippen molar-refractivity contribution in [2.24, 2.45) is 7.05 Å². The molecule has 0 unspecified atom stereocenters. The van der Waals surface area contributed by atoms with Crippen LogP contribution in [0, 0.1) is 12.0 Å². The smallest absolute Gasteiger partial charge is 0.263 e. The Labute approximate surface area is 91.5 Å². The van der Waals surface area contributed by atoms with Gasteiger partial charge in [-0.05, 0) is 5.92 Å². The van der Waals surface area contributed by atoms with Gasteiger partial charge in [-0.1, -0.05) is 0 Å². The molecule has 0 radical (unpaired) electrons. The molecule has 0 atom stereocenters. The fourth-order valence-electron chi connectivity index (χ4n) is 1.52. The largest absolute Gasteiger partial charge is 0.369 e. The molecule has 0 spiro atoms. The van der Waals surface area contributed by atoms with E-state index in [1.807, 2.05) is 0 Å². The first-order chi connectivity index (χ1) is 7.63. The Morgan fingerprint density at radius 3 is 3.06 bits per heavy atom. The normalized spacial score (nSPS) is 9.88.